The van der Waals surface area contributed by atoms with Crippen molar-refractivity contribution in [2.75, 3.05) is 19.7 Å². The van der Waals surface area contributed by atoms with Crippen LogP contribution in [0.25, 0.3) is 0 Å². The molecule has 1 N–H and O–H groups in total. The fourth-order valence-electron chi connectivity index (χ4n) is 0.680. The Morgan fingerprint density at radius 1 is 1.50 bits per heavy atom. The average Bonchev–Trinajstić information content (AvgIpc) is 2.67. The predicted octanol–water partition coefficient (Wildman–Crippen LogP) is 0.538. The molecule has 0 aromatic heterocycles. The maximum Gasteiger partial charge on any atom is 0.169 e. The zero-order chi connectivity index (χ0) is 7.07. The molecule has 0 saturated heterocycles. The molecule has 0 bridgehead atoms. The van der Waals surface area contributed by atoms with Crippen LogP contribution >= 0.6 is 0 Å². The Morgan fingerprint density at radius 2 is 2.50 bits per heavy atom. The maximum atomic E-state index is 4.65. The third kappa shape index (κ3) is 3.12. The highest BCUT2D eigenvalue weighted by Crippen LogP contribution is 1.84. The van der Waals surface area contributed by atoms with Crippen LogP contribution in [0.15, 0.2) is 17.3 Å². The van der Waals surface area contributed by atoms with Crippen LogP contribution in [0.3, 0.4) is 0 Å². The molecule has 0 unspecified atom stereocenters. The van der Waals surface area contributed by atoms with Gasteiger partial charge in [-0.3, -0.25) is 4.99 Å². The van der Waals surface area contributed by atoms with Crippen LogP contribution in [0.1, 0.15) is 6.42 Å². The van der Waals surface area contributed by atoms with Crippen LogP contribution in [-0.4, -0.2) is 26.1 Å². The van der Waals surface area contributed by atoms with E-state index in [2.05, 4.69) is 21.1 Å². The lowest BCUT2D eigenvalue weighted by atomic mass is 10.5. The monoisotopic (exact) mass is 140 g/mol. The summed E-state index contributed by atoms with van der Waals surface area (Å²) in [5.41, 5.74) is 0. The third-order valence-corrected chi connectivity index (χ3v) is 1.18. The molecule has 2 aliphatic rings. The first-order chi connectivity index (χ1) is 5.00. The molecule has 56 valence electrons. The summed E-state index contributed by atoms with van der Waals surface area (Å²) in [6, 6.07) is 0. The first kappa shape index (κ1) is 7.12. The molecule has 0 fully saturated rings. The molecule has 3 heteroatoms. The Labute approximate surface area is 60.8 Å². The number of nitrogens with zero attached hydrogens (tertiary/aromatic N) is 1. The van der Waals surface area contributed by atoms with Crippen LogP contribution in [0, 0.1) is 0 Å². The van der Waals surface area contributed by atoms with Crippen molar-refractivity contribution in [1.82, 2.24) is 5.32 Å². The van der Waals surface area contributed by atoms with Crippen LogP contribution in [0.5, 0.6) is 0 Å². The molecule has 0 amide bonds. The summed E-state index contributed by atoms with van der Waals surface area (Å²) >= 11 is 0. The summed E-state index contributed by atoms with van der Waals surface area (Å²) in [5, 5.41) is 3.04. The van der Waals surface area contributed by atoms with Crippen molar-refractivity contribution in [1.29, 1.82) is 0 Å². The summed E-state index contributed by atoms with van der Waals surface area (Å²) < 4.78 is 4.65. The molecule has 0 atom stereocenters. The highest BCUT2D eigenvalue weighted by molar-refractivity contribution is 5.47. The smallest absolute Gasteiger partial charge is 0.169 e. The molecule has 2 rings (SSSR count). The van der Waals surface area contributed by atoms with Crippen LogP contribution in [0.4, 0.5) is 0 Å². The number of aliphatic imine (C=N–C) groups is 1. The lowest BCUT2D eigenvalue weighted by Gasteiger charge is -1.78. The minimum atomic E-state index is 0.778. The van der Waals surface area contributed by atoms with E-state index in [0.717, 1.165) is 19.7 Å². The van der Waals surface area contributed by atoms with Crippen molar-refractivity contribution in [2.24, 2.45) is 4.99 Å². The van der Waals surface area contributed by atoms with Crippen molar-refractivity contribution < 1.29 is 4.74 Å². The molecule has 0 spiro atoms. The van der Waals surface area contributed by atoms with E-state index in [-0.39, 0.29) is 0 Å². The van der Waals surface area contributed by atoms with Gasteiger partial charge in [0.2, 0.25) is 0 Å². The summed E-state index contributed by atoms with van der Waals surface area (Å²) in [5.74, 6) is 0. The molecule has 0 aromatic carbocycles. The van der Waals surface area contributed by atoms with E-state index in [4.69, 9.17) is 0 Å². The van der Waals surface area contributed by atoms with Gasteiger partial charge in [-0.05, 0) is 12.6 Å². The predicted molar refractivity (Wildman–Crippen MR) is 41.1 cm³/mol. The first-order valence-corrected chi connectivity index (χ1v) is 3.48. The zero-order valence-corrected chi connectivity index (χ0v) is 5.92. The van der Waals surface area contributed by atoms with Crippen LogP contribution in [-0.2, 0) is 4.74 Å². The molecule has 3 nitrogen and oxygen atoms in total. The number of nitrogens with one attached hydrogen (secondary N) is 1. The van der Waals surface area contributed by atoms with Gasteiger partial charge in [0.05, 0.1) is 6.54 Å². The molecule has 0 aliphatic carbocycles. The van der Waals surface area contributed by atoms with Gasteiger partial charge in [-0.2, -0.15) is 0 Å². The second-order valence-electron chi connectivity index (χ2n) is 2.03. The normalized spacial score (nSPS) is 19.2. The second kappa shape index (κ2) is 4.85. The molecular formula is C7H12N2O. The van der Waals surface area contributed by atoms with Gasteiger partial charge >= 0.3 is 0 Å². The topological polar surface area (TPSA) is 33.6 Å². The summed E-state index contributed by atoms with van der Waals surface area (Å²) in [7, 11) is 0. The van der Waals surface area contributed by atoms with Crippen molar-refractivity contribution in [3.63, 3.8) is 0 Å². The first-order valence-electron chi connectivity index (χ1n) is 3.48. The number of hydrogen-bond donors (Lipinski definition) is 1. The summed E-state index contributed by atoms with van der Waals surface area (Å²) in [6.07, 6.45) is 6.81. The fourth-order valence-corrected chi connectivity index (χ4v) is 0.680. The van der Waals surface area contributed by atoms with Crippen molar-refractivity contribution in [2.45, 2.75) is 6.42 Å². The van der Waals surface area contributed by atoms with Gasteiger partial charge in [0, 0.05) is 6.54 Å². The Bertz CT molecular complexity index is 104. The molecular weight excluding hydrogens is 128 g/mol. The maximum absolute atomic E-state index is 4.65. The van der Waals surface area contributed by atoms with E-state index >= 15 is 0 Å². The average molecular weight is 140 g/mol. The van der Waals surface area contributed by atoms with Crippen LogP contribution in [0.2, 0.25) is 0 Å². The molecule has 10 heavy (non-hydrogen) atoms. The summed E-state index contributed by atoms with van der Waals surface area (Å²) in [4.78, 5) is 3.74. The highest BCUT2D eigenvalue weighted by atomic mass is 16.5. The molecule has 2 heterocycles. The van der Waals surface area contributed by atoms with E-state index in [1.807, 2.05) is 6.20 Å². The quantitative estimate of drug-likeness (QED) is 0.532. The van der Waals surface area contributed by atoms with Crippen molar-refractivity contribution in [3.8, 4) is 0 Å². The molecule has 0 radical (unpaired) electrons. The number of rotatable bonds is 0. The van der Waals surface area contributed by atoms with E-state index in [1.165, 1.54) is 12.8 Å². The standard InChI is InChI=1S/C4H7N.C3H5NO/c1-2-4-5-3-1;1-2-5-3-4-1/h1,3,5H,2,4H2;3H,1-2H2. The lowest BCUT2D eigenvalue weighted by Crippen LogP contribution is -1.96. The number of hydrogen-bond acceptors (Lipinski definition) is 3. The van der Waals surface area contributed by atoms with Gasteiger partial charge < -0.3 is 10.1 Å². The van der Waals surface area contributed by atoms with E-state index in [9.17, 15) is 0 Å². The van der Waals surface area contributed by atoms with Gasteiger partial charge in [-0.15, -0.1) is 0 Å². The summed E-state index contributed by atoms with van der Waals surface area (Å²) in [6.45, 7) is 2.76. The van der Waals surface area contributed by atoms with Crippen molar-refractivity contribution >= 4 is 6.40 Å². The minimum Gasteiger partial charge on any atom is -0.482 e. The fraction of sp³-hybridized carbons (Fsp3) is 0.571. The number of ether oxygens (including phenoxy) is 1. The minimum absolute atomic E-state index is 0.778. The van der Waals surface area contributed by atoms with Gasteiger partial charge in [0.25, 0.3) is 0 Å². The molecule has 0 aromatic rings. The SMILES string of the molecule is C1=CNCC1.C1=NCCO1. The van der Waals surface area contributed by atoms with E-state index < -0.39 is 0 Å². The van der Waals surface area contributed by atoms with Crippen molar-refractivity contribution in [3.05, 3.63) is 12.3 Å². The van der Waals surface area contributed by atoms with E-state index in [1.54, 1.807) is 0 Å². The largest absolute Gasteiger partial charge is 0.482 e. The Kier molecular flexibility index (Phi) is 3.45. The van der Waals surface area contributed by atoms with Crippen LogP contribution < -0.4 is 5.32 Å². The lowest BCUT2D eigenvalue weighted by molar-refractivity contribution is 0.361. The highest BCUT2D eigenvalue weighted by Gasteiger charge is 1.84. The van der Waals surface area contributed by atoms with Gasteiger partial charge in [0.1, 0.15) is 6.61 Å². The van der Waals surface area contributed by atoms with E-state index in [0.29, 0.717) is 0 Å². The molecule has 0 saturated carbocycles. The Hall–Kier alpha value is -0.990. The molecule has 2 aliphatic heterocycles. The third-order valence-electron chi connectivity index (χ3n) is 1.18. The zero-order valence-electron chi connectivity index (χ0n) is 5.92. The second-order valence-corrected chi connectivity index (χ2v) is 2.03. The van der Waals surface area contributed by atoms with Gasteiger partial charge in [-0.25, -0.2) is 0 Å². The van der Waals surface area contributed by atoms with Gasteiger partial charge in [0.15, 0.2) is 6.40 Å². The Morgan fingerprint density at radius 3 is 2.70 bits per heavy atom. The Balaban J connectivity index is 0.0000001000. The van der Waals surface area contributed by atoms with Gasteiger partial charge in [-0.1, -0.05) is 6.08 Å².